The van der Waals surface area contributed by atoms with Crippen molar-refractivity contribution in [2.24, 2.45) is 0 Å². The molecule has 4 aromatic carbocycles. The summed E-state index contributed by atoms with van der Waals surface area (Å²) in [7, 11) is -2.47. The van der Waals surface area contributed by atoms with E-state index >= 15 is 0 Å². The van der Waals surface area contributed by atoms with Crippen molar-refractivity contribution in [2.75, 3.05) is 18.0 Å². The second kappa shape index (κ2) is 11.0. The summed E-state index contributed by atoms with van der Waals surface area (Å²) in [6.45, 7) is 5.69. The fourth-order valence-corrected chi connectivity index (χ4v) is 9.88. The van der Waals surface area contributed by atoms with Gasteiger partial charge in [0.2, 0.25) is 5.89 Å². The first kappa shape index (κ1) is 25.8. The third kappa shape index (κ3) is 4.89. The summed E-state index contributed by atoms with van der Waals surface area (Å²) in [5, 5.41) is 4.37. The molecule has 4 nitrogen and oxygen atoms in total. The van der Waals surface area contributed by atoms with Crippen molar-refractivity contribution < 1.29 is 9.15 Å². The van der Waals surface area contributed by atoms with Crippen molar-refractivity contribution in [3.63, 3.8) is 0 Å². The molecule has 0 saturated carbocycles. The molecule has 0 spiro atoms. The number of halogens is 1. The lowest BCUT2D eigenvalue weighted by Crippen LogP contribution is -2.48. The van der Waals surface area contributed by atoms with Crippen LogP contribution in [-0.4, -0.2) is 30.3 Å². The highest BCUT2D eigenvalue weighted by atomic mass is 35.5. The Morgan fingerprint density at radius 3 is 1.62 bits per heavy atom. The lowest BCUT2D eigenvalue weighted by atomic mass is 10.2. The standard InChI is InChI=1S/C33H31ClN2O2P/c1-24-22-36(23-25(2)37-24)33-32(35-31(38-33)26-18-20-27(34)21-19-26)39(28-12-6-3-7-13-28,29-14-8-4-9-15-29)30-16-10-5-11-17-30/h3-21,24-25H,22-23H2,1-2H3/q+1/t24-,25+. The summed E-state index contributed by atoms with van der Waals surface area (Å²) in [5.74, 6) is 1.41. The zero-order valence-corrected chi connectivity index (χ0v) is 23.7. The van der Waals surface area contributed by atoms with E-state index < -0.39 is 7.26 Å². The minimum atomic E-state index is -2.47. The number of ether oxygens (including phenoxy) is 1. The predicted molar refractivity (Wildman–Crippen MR) is 164 cm³/mol. The quantitative estimate of drug-likeness (QED) is 0.234. The van der Waals surface area contributed by atoms with Gasteiger partial charge in [-0.3, -0.25) is 0 Å². The minimum absolute atomic E-state index is 0.0728. The van der Waals surface area contributed by atoms with E-state index in [4.69, 9.17) is 25.7 Å². The van der Waals surface area contributed by atoms with Gasteiger partial charge < -0.3 is 14.1 Å². The van der Waals surface area contributed by atoms with Gasteiger partial charge in [-0.1, -0.05) is 66.2 Å². The number of rotatable bonds is 6. The molecule has 6 heteroatoms. The third-order valence-electron chi connectivity index (χ3n) is 7.14. The first-order valence-corrected chi connectivity index (χ1v) is 15.5. The van der Waals surface area contributed by atoms with Gasteiger partial charge in [-0.05, 0) is 74.5 Å². The van der Waals surface area contributed by atoms with Gasteiger partial charge in [-0.15, -0.1) is 0 Å². The van der Waals surface area contributed by atoms with E-state index in [0.29, 0.717) is 10.9 Å². The molecule has 0 unspecified atom stereocenters. The number of morpholine rings is 1. The van der Waals surface area contributed by atoms with Gasteiger partial charge >= 0.3 is 0 Å². The van der Waals surface area contributed by atoms with Crippen molar-refractivity contribution in [3.05, 3.63) is 120 Å². The zero-order chi connectivity index (χ0) is 26.8. The Kier molecular flexibility index (Phi) is 7.27. The van der Waals surface area contributed by atoms with Gasteiger partial charge in [-0.2, -0.15) is 4.98 Å². The van der Waals surface area contributed by atoms with E-state index in [1.54, 1.807) is 0 Å². The van der Waals surface area contributed by atoms with Gasteiger partial charge in [0.25, 0.3) is 11.3 Å². The van der Waals surface area contributed by atoms with Crippen LogP contribution in [0, 0.1) is 0 Å². The molecule has 0 N–H and O–H groups in total. The molecule has 1 fully saturated rings. The largest absolute Gasteiger partial charge is 0.416 e. The van der Waals surface area contributed by atoms with Crippen molar-refractivity contribution in [2.45, 2.75) is 26.1 Å². The highest BCUT2D eigenvalue weighted by Crippen LogP contribution is 2.56. The summed E-state index contributed by atoms with van der Waals surface area (Å²) >= 11 is 6.23. The maximum Gasteiger partial charge on any atom is 0.262 e. The molecule has 196 valence electrons. The molecule has 5 aromatic rings. The second-order valence-corrected chi connectivity index (χ2v) is 13.7. The van der Waals surface area contributed by atoms with Crippen LogP contribution < -0.4 is 26.2 Å². The fourth-order valence-electron chi connectivity index (χ4n) is 5.56. The van der Waals surface area contributed by atoms with Gasteiger partial charge in [0.1, 0.15) is 15.9 Å². The summed E-state index contributed by atoms with van der Waals surface area (Å²) in [6.07, 6.45) is 0.146. The molecule has 39 heavy (non-hydrogen) atoms. The van der Waals surface area contributed by atoms with E-state index in [1.165, 1.54) is 15.9 Å². The van der Waals surface area contributed by atoms with Crippen LogP contribution in [0.4, 0.5) is 5.88 Å². The molecule has 1 aliphatic heterocycles. The first-order chi connectivity index (χ1) is 19.1. The lowest BCUT2D eigenvalue weighted by Gasteiger charge is -2.36. The normalized spacial score (nSPS) is 17.8. The molecule has 6 rings (SSSR count). The highest BCUT2D eigenvalue weighted by molar-refractivity contribution is 8.01. The predicted octanol–water partition coefficient (Wildman–Crippen LogP) is 6.23. The highest BCUT2D eigenvalue weighted by Gasteiger charge is 2.54. The SMILES string of the molecule is C[C@@H]1CN(c2oc(-c3ccc(Cl)cc3)nc2[P+](c2ccccc2)(c2ccccc2)c2ccccc2)C[C@H](C)O1. The third-order valence-corrected chi connectivity index (χ3v) is 11.5. The van der Waals surface area contributed by atoms with Crippen LogP contribution in [0.2, 0.25) is 5.02 Å². The molecule has 0 radical (unpaired) electrons. The molecule has 1 saturated heterocycles. The van der Waals surface area contributed by atoms with E-state index in [1.807, 2.05) is 24.3 Å². The van der Waals surface area contributed by atoms with Crippen LogP contribution >= 0.6 is 18.9 Å². The van der Waals surface area contributed by atoms with Crippen molar-refractivity contribution in [3.8, 4) is 11.5 Å². The molecule has 1 aliphatic rings. The first-order valence-electron chi connectivity index (χ1n) is 13.3. The van der Waals surface area contributed by atoms with Crippen LogP contribution in [0.15, 0.2) is 120 Å². The zero-order valence-electron chi connectivity index (χ0n) is 22.1. The number of benzene rings is 4. The van der Waals surface area contributed by atoms with Gasteiger partial charge in [0.05, 0.1) is 12.2 Å². The van der Waals surface area contributed by atoms with Crippen LogP contribution in [-0.2, 0) is 4.74 Å². The van der Waals surface area contributed by atoms with E-state index in [0.717, 1.165) is 30.0 Å². The Morgan fingerprint density at radius 2 is 1.15 bits per heavy atom. The monoisotopic (exact) mass is 553 g/mol. The van der Waals surface area contributed by atoms with Gasteiger partial charge in [-0.25, -0.2) is 0 Å². The Morgan fingerprint density at radius 1 is 0.692 bits per heavy atom. The summed E-state index contributed by atoms with van der Waals surface area (Å²) < 4.78 is 12.9. The number of anilines is 1. The Hall–Kier alpha value is -3.43. The molecule has 2 heterocycles. The van der Waals surface area contributed by atoms with Crippen LogP contribution in [0.3, 0.4) is 0 Å². The number of nitrogens with zero attached hydrogens (tertiary/aromatic N) is 2. The average molecular weight is 554 g/mol. The molecule has 0 bridgehead atoms. The summed E-state index contributed by atoms with van der Waals surface area (Å²) in [4.78, 5) is 7.72. The molecule has 0 aliphatic carbocycles. The van der Waals surface area contributed by atoms with Gasteiger partial charge in [0.15, 0.2) is 7.26 Å². The number of aromatic nitrogens is 1. The molecular formula is C33H31ClN2O2P+. The van der Waals surface area contributed by atoms with E-state index in [2.05, 4.69) is 110 Å². The average Bonchev–Trinajstić information content (AvgIpc) is 3.41. The lowest BCUT2D eigenvalue weighted by molar-refractivity contribution is -0.00629. The van der Waals surface area contributed by atoms with Crippen LogP contribution in [0.25, 0.3) is 11.5 Å². The van der Waals surface area contributed by atoms with E-state index in [-0.39, 0.29) is 12.2 Å². The summed E-state index contributed by atoms with van der Waals surface area (Å²) in [5.41, 5.74) is 1.87. The molecular weight excluding hydrogens is 523 g/mol. The number of oxazole rings is 1. The van der Waals surface area contributed by atoms with Crippen molar-refractivity contribution in [1.82, 2.24) is 4.98 Å². The van der Waals surface area contributed by atoms with E-state index in [9.17, 15) is 0 Å². The molecule has 1 aromatic heterocycles. The summed E-state index contributed by atoms with van der Waals surface area (Å²) in [6, 6.07) is 40.1. The van der Waals surface area contributed by atoms with Crippen molar-refractivity contribution in [1.29, 1.82) is 0 Å². The molecule has 0 amide bonds. The van der Waals surface area contributed by atoms with Crippen LogP contribution in [0.5, 0.6) is 0 Å². The van der Waals surface area contributed by atoms with Crippen LogP contribution in [0.1, 0.15) is 13.8 Å². The maximum atomic E-state index is 6.79. The number of hydrogen-bond acceptors (Lipinski definition) is 4. The second-order valence-electron chi connectivity index (χ2n) is 9.99. The Labute approximate surface area is 235 Å². The Balaban J connectivity index is 1.70. The topological polar surface area (TPSA) is 38.5 Å². The van der Waals surface area contributed by atoms with Crippen molar-refractivity contribution >= 4 is 46.1 Å². The Bertz CT molecular complexity index is 1420. The van der Waals surface area contributed by atoms with Gasteiger partial charge in [0, 0.05) is 23.7 Å². The fraction of sp³-hybridized carbons (Fsp3) is 0.182. The number of hydrogen-bond donors (Lipinski definition) is 0. The smallest absolute Gasteiger partial charge is 0.262 e. The molecule has 2 atom stereocenters. The minimum Gasteiger partial charge on any atom is -0.416 e. The maximum absolute atomic E-state index is 6.79.